The summed E-state index contributed by atoms with van der Waals surface area (Å²) in [4.78, 5) is 18.5. The molecule has 138 valence electrons. The number of pyridine rings is 1. The highest BCUT2D eigenvalue weighted by atomic mass is 79.9. The van der Waals surface area contributed by atoms with Crippen LogP contribution in [0.25, 0.3) is 6.08 Å². The Morgan fingerprint density at radius 2 is 1.89 bits per heavy atom. The molecular formula is C22H22BrN3O. The van der Waals surface area contributed by atoms with E-state index in [2.05, 4.69) is 27.1 Å². The Hall–Kier alpha value is -2.45. The lowest BCUT2D eigenvalue weighted by atomic mass is 9.80. The molecule has 1 atom stereocenters. The molecule has 1 amide bonds. The minimum absolute atomic E-state index is 0.218. The summed E-state index contributed by atoms with van der Waals surface area (Å²) in [6.45, 7) is 0. The fourth-order valence-corrected chi connectivity index (χ4v) is 4.09. The Morgan fingerprint density at radius 1 is 1.15 bits per heavy atom. The SMILES string of the molecule is N#CN(C(=O)/C=C/c1cccc(Br)n1)[C@H](c1ccccc1)C1CCCCC1. The zero-order valence-electron chi connectivity index (χ0n) is 15.1. The minimum atomic E-state index is -0.307. The summed E-state index contributed by atoms with van der Waals surface area (Å²) in [5, 5.41) is 9.80. The van der Waals surface area contributed by atoms with Gasteiger partial charge in [-0.2, -0.15) is 5.26 Å². The maximum absolute atomic E-state index is 12.9. The van der Waals surface area contributed by atoms with Crippen LogP contribution in [-0.2, 0) is 4.79 Å². The average Bonchev–Trinajstić information content (AvgIpc) is 2.71. The maximum Gasteiger partial charge on any atom is 0.260 e. The van der Waals surface area contributed by atoms with Crippen LogP contribution in [0.1, 0.15) is 49.4 Å². The van der Waals surface area contributed by atoms with Crippen LogP contribution in [0.2, 0.25) is 0 Å². The summed E-state index contributed by atoms with van der Waals surface area (Å²) < 4.78 is 0.707. The summed E-state index contributed by atoms with van der Waals surface area (Å²) in [5.41, 5.74) is 1.69. The molecule has 0 N–H and O–H groups in total. The highest BCUT2D eigenvalue weighted by Crippen LogP contribution is 2.38. The molecule has 0 bridgehead atoms. The monoisotopic (exact) mass is 423 g/mol. The molecule has 1 aromatic heterocycles. The standard InChI is InChI=1S/C22H22BrN3O/c23-20-13-7-12-19(25-20)14-15-21(27)26(16-24)22(17-8-3-1-4-9-17)18-10-5-2-6-11-18/h1,3-4,7-9,12-15,18,22H,2,5-6,10-11H2/b15-14+/t22-/m1/s1. The van der Waals surface area contributed by atoms with Crippen LogP contribution in [0.15, 0.2) is 59.2 Å². The Bertz CT molecular complexity index is 838. The molecule has 1 heterocycles. The predicted octanol–water partition coefficient (Wildman–Crippen LogP) is 5.49. The molecule has 4 nitrogen and oxygen atoms in total. The van der Waals surface area contributed by atoms with Gasteiger partial charge in [-0.3, -0.25) is 4.79 Å². The molecular weight excluding hydrogens is 402 g/mol. The second-order valence-corrected chi connectivity index (χ2v) is 7.59. The molecule has 2 aromatic rings. The summed E-state index contributed by atoms with van der Waals surface area (Å²) in [6.07, 6.45) is 10.9. The molecule has 27 heavy (non-hydrogen) atoms. The smallest absolute Gasteiger partial charge is 0.260 e. The highest BCUT2D eigenvalue weighted by Gasteiger charge is 2.32. The van der Waals surface area contributed by atoms with Crippen molar-refractivity contribution in [1.82, 2.24) is 9.88 Å². The molecule has 0 saturated heterocycles. The van der Waals surface area contributed by atoms with Crippen LogP contribution in [-0.4, -0.2) is 15.8 Å². The fraction of sp³-hybridized carbons (Fsp3) is 0.318. The number of nitrogens with zero attached hydrogens (tertiary/aromatic N) is 3. The highest BCUT2D eigenvalue weighted by molar-refractivity contribution is 9.10. The van der Waals surface area contributed by atoms with Crippen molar-refractivity contribution in [2.75, 3.05) is 0 Å². The van der Waals surface area contributed by atoms with Crippen molar-refractivity contribution in [3.05, 3.63) is 70.5 Å². The largest absolute Gasteiger partial charge is 0.269 e. The van der Waals surface area contributed by atoms with Gasteiger partial charge in [0.15, 0.2) is 6.19 Å². The summed E-state index contributed by atoms with van der Waals surface area (Å²) >= 11 is 3.32. The lowest BCUT2D eigenvalue weighted by molar-refractivity contribution is -0.126. The first-order valence-electron chi connectivity index (χ1n) is 9.27. The van der Waals surface area contributed by atoms with Gasteiger partial charge in [0, 0.05) is 6.08 Å². The molecule has 5 heteroatoms. The van der Waals surface area contributed by atoms with Crippen LogP contribution < -0.4 is 0 Å². The van der Waals surface area contributed by atoms with E-state index in [1.807, 2.05) is 48.5 Å². The van der Waals surface area contributed by atoms with Gasteiger partial charge in [-0.15, -0.1) is 0 Å². The van der Waals surface area contributed by atoms with E-state index < -0.39 is 0 Å². The zero-order valence-corrected chi connectivity index (χ0v) is 16.7. The van der Waals surface area contributed by atoms with Gasteiger partial charge >= 0.3 is 0 Å². The zero-order chi connectivity index (χ0) is 19.1. The third-order valence-corrected chi connectivity index (χ3v) is 5.44. The van der Waals surface area contributed by atoms with Gasteiger partial charge in [0.05, 0.1) is 11.7 Å². The number of aromatic nitrogens is 1. The van der Waals surface area contributed by atoms with Crippen molar-refractivity contribution in [3.63, 3.8) is 0 Å². The first-order valence-corrected chi connectivity index (χ1v) is 10.1. The van der Waals surface area contributed by atoms with Gasteiger partial charge in [-0.25, -0.2) is 9.88 Å². The van der Waals surface area contributed by atoms with Gasteiger partial charge in [0.2, 0.25) is 0 Å². The number of carbonyl (C=O) groups is 1. The molecule has 3 rings (SSSR count). The number of benzene rings is 1. The van der Waals surface area contributed by atoms with Gasteiger partial charge in [-0.05, 0) is 58.5 Å². The van der Waals surface area contributed by atoms with E-state index in [1.165, 1.54) is 17.4 Å². The molecule has 0 aliphatic heterocycles. The molecule has 1 aliphatic carbocycles. The van der Waals surface area contributed by atoms with Gasteiger partial charge in [-0.1, -0.05) is 55.7 Å². The lowest BCUT2D eigenvalue weighted by Crippen LogP contribution is -2.35. The van der Waals surface area contributed by atoms with Crippen LogP contribution >= 0.6 is 15.9 Å². The Morgan fingerprint density at radius 3 is 2.56 bits per heavy atom. The van der Waals surface area contributed by atoms with Crippen molar-refractivity contribution >= 4 is 27.9 Å². The Labute approximate surface area is 168 Å². The van der Waals surface area contributed by atoms with Crippen molar-refractivity contribution < 1.29 is 4.79 Å². The van der Waals surface area contributed by atoms with Gasteiger partial charge in [0.25, 0.3) is 5.91 Å². The minimum Gasteiger partial charge on any atom is -0.269 e. The van der Waals surface area contributed by atoms with Crippen LogP contribution in [0, 0.1) is 17.4 Å². The molecule has 0 radical (unpaired) electrons. The fourth-order valence-electron chi connectivity index (χ4n) is 3.73. The van der Waals surface area contributed by atoms with Crippen LogP contribution in [0.5, 0.6) is 0 Å². The van der Waals surface area contributed by atoms with Crippen molar-refractivity contribution in [3.8, 4) is 6.19 Å². The summed E-state index contributed by atoms with van der Waals surface area (Å²) in [6, 6.07) is 15.2. The van der Waals surface area contributed by atoms with E-state index in [4.69, 9.17) is 0 Å². The number of hydrogen-bond donors (Lipinski definition) is 0. The molecule has 0 spiro atoms. The molecule has 1 aromatic carbocycles. The lowest BCUT2D eigenvalue weighted by Gasteiger charge is -2.34. The topological polar surface area (TPSA) is 57.0 Å². The van der Waals surface area contributed by atoms with E-state index in [0.29, 0.717) is 16.2 Å². The number of nitriles is 1. The first kappa shape index (κ1) is 19.3. The second kappa shape index (κ2) is 9.48. The normalized spacial score (nSPS) is 16.0. The Kier molecular flexibility index (Phi) is 6.78. The number of halogens is 1. The number of carbonyl (C=O) groups excluding carboxylic acids is 1. The van der Waals surface area contributed by atoms with E-state index in [-0.39, 0.29) is 11.9 Å². The molecule has 1 fully saturated rings. The third-order valence-electron chi connectivity index (χ3n) is 4.99. The number of rotatable bonds is 5. The summed E-state index contributed by atoms with van der Waals surface area (Å²) in [7, 11) is 0. The predicted molar refractivity (Wildman–Crippen MR) is 109 cm³/mol. The van der Waals surface area contributed by atoms with Gasteiger partial charge in [0.1, 0.15) is 4.60 Å². The molecule has 1 saturated carbocycles. The number of amides is 1. The first-order chi connectivity index (χ1) is 13.2. The van der Waals surface area contributed by atoms with E-state index in [0.717, 1.165) is 31.2 Å². The van der Waals surface area contributed by atoms with Gasteiger partial charge < -0.3 is 0 Å². The van der Waals surface area contributed by atoms with E-state index in [9.17, 15) is 10.1 Å². The van der Waals surface area contributed by atoms with Crippen LogP contribution in [0.4, 0.5) is 0 Å². The third kappa shape index (κ3) is 5.05. The molecule has 1 aliphatic rings. The summed E-state index contributed by atoms with van der Waals surface area (Å²) in [5.74, 6) is 0.000784. The molecule has 0 unspecified atom stereocenters. The van der Waals surface area contributed by atoms with Crippen LogP contribution in [0.3, 0.4) is 0 Å². The average molecular weight is 424 g/mol. The van der Waals surface area contributed by atoms with E-state index >= 15 is 0 Å². The second-order valence-electron chi connectivity index (χ2n) is 6.78. The van der Waals surface area contributed by atoms with Crippen molar-refractivity contribution in [2.45, 2.75) is 38.1 Å². The Balaban J connectivity index is 1.86. The van der Waals surface area contributed by atoms with E-state index in [1.54, 1.807) is 6.08 Å². The van der Waals surface area contributed by atoms with Crippen molar-refractivity contribution in [1.29, 1.82) is 5.26 Å². The quantitative estimate of drug-likeness (QED) is 0.276. The number of hydrogen-bond acceptors (Lipinski definition) is 3. The maximum atomic E-state index is 12.9. The van der Waals surface area contributed by atoms with Crippen molar-refractivity contribution in [2.24, 2.45) is 5.92 Å².